The van der Waals surface area contributed by atoms with Gasteiger partial charge in [0.15, 0.2) is 0 Å². The Morgan fingerprint density at radius 2 is 2.18 bits per heavy atom. The Bertz CT molecular complexity index is 141. The summed E-state index contributed by atoms with van der Waals surface area (Å²) in [5.41, 5.74) is 0.244. The smallest absolute Gasteiger partial charge is 0.335 e. The molecule has 4 nitrogen and oxygen atoms in total. The molecule has 11 heavy (non-hydrogen) atoms. The van der Waals surface area contributed by atoms with Crippen molar-refractivity contribution in [3.63, 3.8) is 0 Å². The molecule has 0 amide bonds. The third-order valence-corrected chi connectivity index (χ3v) is 0.915. The van der Waals surface area contributed by atoms with Gasteiger partial charge in [-0.2, -0.15) is 0 Å². The highest BCUT2D eigenvalue weighted by Crippen LogP contribution is 1.95. The largest absolute Gasteiger partial charge is 0.463 e. The summed E-state index contributed by atoms with van der Waals surface area (Å²) >= 11 is 0. The third kappa shape index (κ3) is 4.52. The predicted molar refractivity (Wildman–Crippen MR) is 38.7 cm³/mol. The average molecular weight is 160 g/mol. The van der Waals surface area contributed by atoms with Crippen LogP contribution in [0.1, 0.15) is 6.92 Å². The monoisotopic (exact) mass is 160 g/mol. The second kappa shape index (κ2) is 5.88. The van der Waals surface area contributed by atoms with E-state index in [4.69, 9.17) is 0 Å². The molecule has 0 rings (SSSR count). The number of hydrogen-bond acceptors (Lipinski definition) is 4. The zero-order valence-corrected chi connectivity index (χ0v) is 6.75. The molecule has 0 aliphatic rings. The number of ether oxygens (including phenoxy) is 1. The van der Waals surface area contributed by atoms with Crippen LogP contribution in [0.4, 0.5) is 0 Å². The van der Waals surface area contributed by atoms with E-state index in [0.29, 0.717) is 6.61 Å². The summed E-state index contributed by atoms with van der Waals surface area (Å²) in [4.78, 5) is 19.5. The minimum absolute atomic E-state index is 0.0370. The average Bonchev–Trinajstić information content (AvgIpc) is 2.00. The number of hydrogen-bond donors (Lipinski definition) is 0. The van der Waals surface area contributed by atoms with Crippen molar-refractivity contribution in [2.24, 2.45) is 0 Å². The number of esters is 1. The Morgan fingerprint density at radius 1 is 1.55 bits per heavy atom. The van der Waals surface area contributed by atoms with E-state index in [-0.39, 0.29) is 12.2 Å². The SMILES string of the molecule is C=C(COOC)C(=O)OCC. The van der Waals surface area contributed by atoms with Crippen LogP contribution in [-0.2, 0) is 19.3 Å². The minimum Gasteiger partial charge on any atom is -0.463 e. The molecule has 4 heteroatoms. The Hall–Kier alpha value is -0.870. The molecular weight excluding hydrogens is 148 g/mol. The fraction of sp³-hybridized carbons (Fsp3) is 0.571. The van der Waals surface area contributed by atoms with Crippen LogP contribution in [0, 0.1) is 0 Å². The zero-order valence-electron chi connectivity index (χ0n) is 6.75. The molecule has 0 aromatic heterocycles. The molecule has 64 valence electrons. The quantitative estimate of drug-likeness (QED) is 0.257. The van der Waals surface area contributed by atoms with Crippen molar-refractivity contribution < 1.29 is 19.3 Å². The fourth-order valence-electron chi connectivity index (χ4n) is 0.422. The van der Waals surface area contributed by atoms with Crippen molar-refractivity contribution in [3.8, 4) is 0 Å². The van der Waals surface area contributed by atoms with Crippen molar-refractivity contribution in [1.82, 2.24) is 0 Å². The van der Waals surface area contributed by atoms with Crippen molar-refractivity contribution in [3.05, 3.63) is 12.2 Å². The summed E-state index contributed by atoms with van der Waals surface area (Å²) in [5.74, 6) is -0.454. The molecule has 0 saturated carbocycles. The fourth-order valence-corrected chi connectivity index (χ4v) is 0.422. The van der Waals surface area contributed by atoms with E-state index in [1.54, 1.807) is 6.92 Å². The predicted octanol–water partition coefficient (Wildman–Crippen LogP) is 0.684. The molecule has 0 saturated heterocycles. The van der Waals surface area contributed by atoms with Gasteiger partial charge >= 0.3 is 5.97 Å². The van der Waals surface area contributed by atoms with E-state index in [1.165, 1.54) is 7.11 Å². The Kier molecular flexibility index (Phi) is 5.42. The number of carbonyl (C=O) groups excluding carboxylic acids is 1. The first-order valence-corrected chi connectivity index (χ1v) is 3.22. The molecule has 0 aliphatic heterocycles. The summed E-state index contributed by atoms with van der Waals surface area (Å²) in [7, 11) is 1.36. The second-order valence-corrected chi connectivity index (χ2v) is 1.75. The van der Waals surface area contributed by atoms with Gasteiger partial charge in [0.2, 0.25) is 0 Å². The summed E-state index contributed by atoms with van der Waals surface area (Å²) in [6, 6.07) is 0. The van der Waals surface area contributed by atoms with Crippen molar-refractivity contribution in [1.29, 1.82) is 0 Å². The van der Waals surface area contributed by atoms with Gasteiger partial charge in [0.1, 0.15) is 6.61 Å². The minimum atomic E-state index is -0.454. The van der Waals surface area contributed by atoms with Gasteiger partial charge in [0.05, 0.1) is 19.3 Å². The van der Waals surface area contributed by atoms with Gasteiger partial charge in [-0.3, -0.25) is 0 Å². The maximum Gasteiger partial charge on any atom is 0.335 e. The molecule has 0 N–H and O–H groups in total. The number of carbonyl (C=O) groups is 1. The van der Waals surface area contributed by atoms with Crippen molar-refractivity contribution >= 4 is 5.97 Å². The van der Waals surface area contributed by atoms with Gasteiger partial charge in [0.25, 0.3) is 0 Å². The van der Waals surface area contributed by atoms with Crippen LogP contribution in [0.15, 0.2) is 12.2 Å². The third-order valence-electron chi connectivity index (χ3n) is 0.915. The molecule has 0 aromatic carbocycles. The first kappa shape index (κ1) is 10.1. The van der Waals surface area contributed by atoms with Crippen molar-refractivity contribution in [2.45, 2.75) is 6.92 Å². The lowest BCUT2D eigenvalue weighted by molar-refractivity contribution is -0.265. The van der Waals surface area contributed by atoms with Crippen LogP contribution in [0.25, 0.3) is 0 Å². The van der Waals surface area contributed by atoms with E-state index in [1.807, 2.05) is 0 Å². The Labute approximate surface area is 65.7 Å². The Morgan fingerprint density at radius 3 is 2.64 bits per heavy atom. The molecule has 0 atom stereocenters. The Balaban J connectivity index is 3.56. The molecule has 0 unspecified atom stereocenters. The van der Waals surface area contributed by atoms with E-state index in [0.717, 1.165) is 0 Å². The summed E-state index contributed by atoms with van der Waals surface area (Å²) in [6.45, 7) is 5.53. The first-order valence-electron chi connectivity index (χ1n) is 3.22. The highest BCUT2D eigenvalue weighted by atomic mass is 17.2. The maximum absolute atomic E-state index is 10.8. The standard InChI is InChI=1S/C7H12O4/c1-4-10-7(8)6(2)5-11-9-3/h2,4-5H2,1,3H3. The topological polar surface area (TPSA) is 44.8 Å². The van der Waals surface area contributed by atoms with E-state index < -0.39 is 5.97 Å². The van der Waals surface area contributed by atoms with Crippen LogP contribution >= 0.6 is 0 Å². The van der Waals surface area contributed by atoms with Gasteiger partial charge < -0.3 is 4.74 Å². The highest BCUT2D eigenvalue weighted by Gasteiger charge is 2.06. The van der Waals surface area contributed by atoms with Gasteiger partial charge in [-0.15, -0.1) is 0 Å². The zero-order chi connectivity index (χ0) is 8.69. The normalized spacial score (nSPS) is 9.27. The lowest BCUT2D eigenvalue weighted by Crippen LogP contribution is -2.11. The molecule has 0 aliphatic carbocycles. The molecule has 0 heterocycles. The maximum atomic E-state index is 10.8. The van der Waals surface area contributed by atoms with Crippen LogP contribution < -0.4 is 0 Å². The van der Waals surface area contributed by atoms with Gasteiger partial charge in [-0.25, -0.2) is 14.6 Å². The van der Waals surface area contributed by atoms with Crippen LogP contribution in [0.2, 0.25) is 0 Å². The van der Waals surface area contributed by atoms with Crippen LogP contribution in [0.3, 0.4) is 0 Å². The molecule has 0 spiro atoms. The molecule has 0 aromatic rings. The van der Waals surface area contributed by atoms with E-state index in [2.05, 4.69) is 21.1 Å². The van der Waals surface area contributed by atoms with Gasteiger partial charge in [-0.1, -0.05) is 6.58 Å². The molecule has 0 radical (unpaired) electrons. The summed E-state index contributed by atoms with van der Waals surface area (Å²) in [5, 5.41) is 0. The molecule has 0 fully saturated rings. The summed E-state index contributed by atoms with van der Waals surface area (Å²) in [6.07, 6.45) is 0. The van der Waals surface area contributed by atoms with Gasteiger partial charge in [0, 0.05) is 0 Å². The van der Waals surface area contributed by atoms with Crippen LogP contribution in [-0.4, -0.2) is 26.3 Å². The molecular formula is C7H12O4. The van der Waals surface area contributed by atoms with Crippen LogP contribution in [0.5, 0.6) is 0 Å². The number of rotatable bonds is 5. The lowest BCUT2D eigenvalue weighted by atomic mass is 10.3. The van der Waals surface area contributed by atoms with Crippen molar-refractivity contribution in [2.75, 3.05) is 20.3 Å². The summed E-state index contributed by atoms with van der Waals surface area (Å²) < 4.78 is 4.63. The highest BCUT2D eigenvalue weighted by molar-refractivity contribution is 5.87. The van der Waals surface area contributed by atoms with E-state index in [9.17, 15) is 4.79 Å². The first-order chi connectivity index (χ1) is 5.22. The lowest BCUT2D eigenvalue weighted by Gasteiger charge is -2.03. The second-order valence-electron chi connectivity index (χ2n) is 1.75. The van der Waals surface area contributed by atoms with Gasteiger partial charge in [-0.05, 0) is 6.92 Å². The van der Waals surface area contributed by atoms with E-state index >= 15 is 0 Å². The molecule has 0 bridgehead atoms.